The first-order chi connectivity index (χ1) is 9.78. The number of aromatic carboxylic acids is 1. The second-order valence-corrected chi connectivity index (χ2v) is 12.1. The van der Waals surface area contributed by atoms with E-state index < -0.39 is 14.0 Å². The van der Waals surface area contributed by atoms with E-state index in [4.69, 9.17) is 4.74 Å². The zero-order chi connectivity index (χ0) is 15.6. The molecule has 2 aromatic rings. The molecule has 6 heteroatoms. The first kappa shape index (κ1) is 15.7. The van der Waals surface area contributed by atoms with E-state index in [9.17, 15) is 9.90 Å². The number of hydrogen-bond donors (Lipinski definition) is 1. The van der Waals surface area contributed by atoms with Gasteiger partial charge in [-0.1, -0.05) is 31.3 Å². The third-order valence-electron chi connectivity index (χ3n) is 3.32. The molecule has 2 rings (SSSR count). The van der Waals surface area contributed by atoms with Crippen molar-refractivity contribution < 1.29 is 14.6 Å². The van der Waals surface area contributed by atoms with Gasteiger partial charge in [-0.25, -0.2) is 9.48 Å². The number of carboxylic acids is 1. The van der Waals surface area contributed by atoms with E-state index in [0.717, 1.165) is 17.1 Å². The van der Waals surface area contributed by atoms with Crippen LogP contribution in [0.15, 0.2) is 18.2 Å². The third kappa shape index (κ3) is 3.92. The molecule has 0 spiro atoms. The standard InChI is InChI=1S/C15H22N2O3Si/c1-11-5-6-13-12(9-11)14(15(18)19)16-17(13)10-20-7-8-21(2,3)4/h5-6,9H,7-8,10H2,1-4H3,(H,18,19). The predicted molar refractivity (Wildman–Crippen MR) is 85.5 cm³/mol. The van der Waals surface area contributed by atoms with Crippen molar-refractivity contribution in [3.63, 3.8) is 0 Å². The summed E-state index contributed by atoms with van der Waals surface area (Å²) in [6, 6.07) is 6.78. The van der Waals surface area contributed by atoms with Gasteiger partial charge in [0.2, 0.25) is 0 Å². The molecule has 1 heterocycles. The normalized spacial score (nSPS) is 12.0. The lowest BCUT2D eigenvalue weighted by Crippen LogP contribution is -2.22. The van der Waals surface area contributed by atoms with Gasteiger partial charge < -0.3 is 9.84 Å². The lowest BCUT2D eigenvalue weighted by atomic mass is 10.1. The zero-order valence-electron chi connectivity index (χ0n) is 13.0. The van der Waals surface area contributed by atoms with Gasteiger partial charge in [-0.2, -0.15) is 5.10 Å². The molecule has 0 unspecified atom stereocenters. The summed E-state index contributed by atoms with van der Waals surface area (Å²) in [7, 11) is -1.12. The van der Waals surface area contributed by atoms with Crippen LogP contribution >= 0.6 is 0 Å². The fourth-order valence-electron chi connectivity index (χ4n) is 2.08. The summed E-state index contributed by atoms with van der Waals surface area (Å²) in [5, 5.41) is 14.1. The third-order valence-corrected chi connectivity index (χ3v) is 5.02. The lowest BCUT2D eigenvalue weighted by molar-refractivity contribution is 0.0676. The number of aromatic nitrogens is 2. The number of carbonyl (C=O) groups is 1. The SMILES string of the molecule is Cc1ccc2c(c1)c(C(=O)O)nn2COCC[Si](C)(C)C. The van der Waals surface area contributed by atoms with Gasteiger partial charge in [0.25, 0.3) is 0 Å². The van der Waals surface area contributed by atoms with Crippen LogP contribution < -0.4 is 0 Å². The average Bonchev–Trinajstić information content (AvgIpc) is 2.71. The van der Waals surface area contributed by atoms with Crippen molar-refractivity contribution in [1.82, 2.24) is 9.78 Å². The van der Waals surface area contributed by atoms with Gasteiger partial charge in [0, 0.05) is 20.1 Å². The van der Waals surface area contributed by atoms with E-state index in [1.165, 1.54) is 0 Å². The van der Waals surface area contributed by atoms with Crippen LogP contribution in [0.3, 0.4) is 0 Å². The molecule has 0 amide bonds. The minimum absolute atomic E-state index is 0.0856. The number of aryl methyl sites for hydroxylation is 1. The minimum Gasteiger partial charge on any atom is -0.476 e. The van der Waals surface area contributed by atoms with Crippen LogP contribution in [-0.4, -0.2) is 35.5 Å². The van der Waals surface area contributed by atoms with Gasteiger partial charge in [0.15, 0.2) is 5.69 Å². The van der Waals surface area contributed by atoms with Crippen LogP contribution in [0.4, 0.5) is 0 Å². The number of benzene rings is 1. The molecule has 0 aliphatic rings. The number of hydrogen-bond acceptors (Lipinski definition) is 3. The Hall–Kier alpha value is -1.66. The summed E-state index contributed by atoms with van der Waals surface area (Å²) in [4.78, 5) is 11.3. The van der Waals surface area contributed by atoms with Crippen molar-refractivity contribution in [1.29, 1.82) is 0 Å². The molecule has 5 nitrogen and oxygen atoms in total. The molecule has 0 atom stereocenters. The average molecular weight is 306 g/mol. The van der Waals surface area contributed by atoms with Crippen LogP contribution in [0, 0.1) is 6.92 Å². The van der Waals surface area contributed by atoms with Crippen LogP contribution in [-0.2, 0) is 11.5 Å². The highest BCUT2D eigenvalue weighted by atomic mass is 28.3. The van der Waals surface area contributed by atoms with Crippen molar-refractivity contribution in [3.05, 3.63) is 29.5 Å². The molecule has 1 aromatic carbocycles. The van der Waals surface area contributed by atoms with E-state index in [-0.39, 0.29) is 12.4 Å². The number of nitrogens with zero attached hydrogens (tertiary/aromatic N) is 2. The topological polar surface area (TPSA) is 64.3 Å². The van der Waals surface area contributed by atoms with Crippen molar-refractivity contribution in [3.8, 4) is 0 Å². The van der Waals surface area contributed by atoms with E-state index >= 15 is 0 Å². The van der Waals surface area contributed by atoms with Gasteiger partial charge in [0.1, 0.15) is 6.73 Å². The Labute approximate surface area is 125 Å². The second-order valence-electron chi connectivity index (χ2n) is 6.52. The molecule has 0 aliphatic heterocycles. The number of rotatable bonds is 6. The molecule has 0 saturated carbocycles. The Bertz CT molecular complexity index is 659. The fourth-order valence-corrected chi connectivity index (χ4v) is 2.84. The quantitative estimate of drug-likeness (QED) is 0.656. The summed E-state index contributed by atoms with van der Waals surface area (Å²) in [6.45, 7) is 9.80. The Balaban J connectivity index is 2.18. The first-order valence-electron chi connectivity index (χ1n) is 7.06. The maximum absolute atomic E-state index is 11.3. The van der Waals surface area contributed by atoms with Crippen molar-refractivity contribution >= 4 is 24.9 Å². The van der Waals surface area contributed by atoms with Gasteiger partial charge in [-0.05, 0) is 25.1 Å². The summed E-state index contributed by atoms with van der Waals surface area (Å²) in [5.74, 6) is -1.01. The Kier molecular flexibility index (Phi) is 4.48. The van der Waals surface area contributed by atoms with E-state index in [2.05, 4.69) is 24.7 Å². The van der Waals surface area contributed by atoms with Crippen molar-refractivity contribution in [2.45, 2.75) is 39.3 Å². The molecule has 1 N–H and O–H groups in total. The molecule has 0 fully saturated rings. The van der Waals surface area contributed by atoms with E-state index in [1.54, 1.807) is 4.68 Å². The first-order valence-corrected chi connectivity index (χ1v) is 10.8. The van der Waals surface area contributed by atoms with Crippen LogP contribution in [0.2, 0.25) is 25.7 Å². The predicted octanol–water partition coefficient (Wildman–Crippen LogP) is 3.36. The molecular weight excluding hydrogens is 284 g/mol. The summed E-state index contributed by atoms with van der Waals surface area (Å²) in [6.07, 6.45) is 0. The highest BCUT2D eigenvalue weighted by molar-refractivity contribution is 6.76. The van der Waals surface area contributed by atoms with Crippen molar-refractivity contribution in [2.75, 3.05) is 6.61 Å². The number of carboxylic acid groups (broad SMARTS) is 1. The van der Waals surface area contributed by atoms with Crippen molar-refractivity contribution in [2.24, 2.45) is 0 Å². The van der Waals surface area contributed by atoms with Gasteiger partial charge >= 0.3 is 5.97 Å². The van der Waals surface area contributed by atoms with E-state index in [0.29, 0.717) is 12.0 Å². The maximum Gasteiger partial charge on any atom is 0.357 e. The Morgan fingerprint density at radius 1 is 1.38 bits per heavy atom. The maximum atomic E-state index is 11.3. The largest absolute Gasteiger partial charge is 0.476 e. The van der Waals surface area contributed by atoms with Crippen LogP contribution in [0.25, 0.3) is 10.9 Å². The van der Waals surface area contributed by atoms with Crippen LogP contribution in [0.1, 0.15) is 16.1 Å². The monoisotopic (exact) mass is 306 g/mol. The Morgan fingerprint density at radius 3 is 2.71 bits per heavy atom. The molecule has 0 bridgehead atoms. The van der Waals surface area contributed by atoms with Gasteiger partial charge in [0.05, 0.1) is 5.52 Å². The molecular formula is C15H22N2O3Si. The highest BCUT2D eigenvalue weighted by Gasteiger charge is 2.17. The number of fused-ring (bicyclic) bond motifs is 1. The van der Waals surface area contributed by atoms with Crippen LogP contribution in [0.5, 0.6) is 0 Å². The van der Waals surface area contributed by atoms with Gasteiger partial charge in [-0.3, -0.25) is 0 Å². The van der Waals surface area contributed by atoms with Gasteiger partial charge in [-0.15, -0.1) is 0 Å². The zero-order valence-corrected chi connectivity index (χ0v) is 14.0. The summed E-state index contributed by atoms with van der Waals surface area (Å²) in [5.41, 5.74) is 1.90. The fraction of sp³-hybridized carbons (Fsp3) is 0.467. The van der Waals surface area contributed by atoms with E-state index in [1.807, 2.05) is 25.1 Å². The molecule has 0 radical (unpaired) electrons. The highest BCUT2D eigenvalue weighted by Crippen LogP contribution is 2.20. The number of ether oxygens (including phenoxy) is 1. The molecule has 0 aliphatic carbocycles. The summed E-state index contributed by atoms with van der Waals surface area (Å²) < 4.78 is 7.30. The summed E-state index contributed by atoms with van der Waals surface area (Å²) >= 11 is 0. The second kappa shape index (κ2) is 5.99. The lowest BCUT2D eigenvalue weighted by Gasteiger charge is -2.15. The minimum atomic E-state index is -1.12. The molecule has 21 heavy (non-hydrogen) atoms. The molecule has 1 aromatic heterocycles. The Morgan fingerprint density at radius 2 is 2.10 bits per heavy atom. The molecule has 0 saturated heterocycles. The smallest absolute Gasteiger partial charge is 0.357 e. The molecule has 114 valence electrons.